The Morgan fingerprint density at radius 1 is 1.19 bits per heavy atom. The minimum Gasteiger partial charge on any atom is -0.486 e. The molecule has 0 radical (unpaired) electrons. The molecule has 1 aromatic carbocycles. The molecule has 0 saturated carbocycles. The van der Waals surface area contributed by atoms with Gasteiger partial charge in [-0.15, -0.1) is 10.2 Å². The number of hydrogen-bond acceptors (Lipinski definition) is 4. The highest BCUT2D eigenvalue weighted by atomic mass is 16.5. The number of nitrogens with zero attached hydrogens (tertiary/aromatic N) is 3. The molecular weight excluding hydrogens is 264 g/mol. The summed E-state index contributed by atoms with van der Waals surface area (Å²) in [6.07, 6.45) is 0. The number of benzene rings is 1. The quantitative estimate of drug-likeness (QED) is 0.850. The van der Waals surface area contributed by atoms with Crippen LogP contribution in [0.1, 0.15) is 31.1 Å². The summed E-state index contributed by atoms with van der Waals surface area (Å²) in [5, 5.41) is 11.5. The van der Waals surface area contributed by atoms with E-state index in [0.29, 0.717) is 12.5 Å². The summed E-state index contributed by atoms with van der Waals surface area (Å²) < 4.78 is 7.67. The van der Waals surface area contributed by atoms with Crippen molar-refractivity contribution in [2.24, 2.45) is 13.0 Å². The molecule has 0 aliphatic carbocycles. The molecule has 2 aromatic rings. The Morgan fingerprint density at radius 3 is 2.48 bits per heavy atom. The summed E-state index contributed by atoms with van der Waals surface area (Å²) in [5.74, 6) is 3.24. The van der Waals surface area contributed by atoms with Crippen molar-refractivity contribution in [3.05, 3.63) is 41.5 Å². The lowest BCUT2D eigenvalue weighted by Gasteiger charge is -2.09. The average molecular weight is 288 g/mol. The number of nitrogens with one attached hydrogen (secondary N) is 1. The van der Waals surface area contributed by atoms with E-state index >= 15 is 0 Å². The van der Waals surface area contributed by atoms with Gasteiger partial charge in [-0.3, -0.25) is 0 Å². The Hall–Kier alpha value is -1.88. The van der Waals surface area contributed by atoms with Gasteiger partial charge >= 0.3 is 0 Å². The van der Waals surface area contributed by atoms with Crippen molar-refractivity contribution in [1.82, 2.24) is 20.1 Å². The number of rotatable bonds is 7. The number of aromatic nitrogens is 3. The maximum atomic E-state index is 5.74. The number of hydrogen-bond donors (Lipinski definition) is 1. The fourth-order valence-electron chi connectivity index (χ4n) is 1.93. The summed E-state index contributed by atoms with van der Waals surface area (Å²) in [4.78, 5) is 0. The van der Waals surface area contributed by atoms with Crippen molar-refractivity contribution in [2.75, 3.05) is 6.54 Å². The van der Waals surface area contributed by atoms with Gasteiger partial charge in [0.1, 0.15) is 18.2 Å². The Bertz CT molecular complexity index is 560. The first-order chi connectivity index (χ1) is 10.1. The molecule has 2 rings (SSSR count). The Labute approximate surface area is 126 Å². The molecule has 0 aliphatic rings. The summed E-state index contributed by atoms with van der Waals surface area (Å²) >= 11 is 0. The predicted octanol–water partition coefficient (Wildman–Crippen LogP) is 2.45. The average Bonchev–Trinajstić information content (AvgIpc) is 2.78. The molecule has 0 aliphatic heterocycles. The van der Waals surface area contributed by atoms with Crippen LogP contribution in [-0.4, -0.2) is 21.3 Å². The zero-order valence-corrected chi connectivity index (χ0v) is 13.3. The van der Waals surface area contributed by atoms with E-state index in [1.165, 1.54) is 5.56 Å². The van der Waals surface area contributed by atoms with Crippen molar-refractivity contribution in [2.45, 2.75) is 33.9 Å². The van der Waals surface area contributed by atoms with Crippen LogP contribution in [0.25, 0.3) is 0 Å². The highest BCUT2D eigenvalue weighted by molar-refractivity contribution is 5.27. The minimum absolute atomic E-state index is 0.433. The summed E-state index contributed by atoms with van der Waals surface area (Å²) in [6, 6.07) is 8.17. The molecule has 0 unspecified atom stereocenters. The van der Waals surface area contributed by atoms with E-state index in [1.54, 1.807) is 0 Å². The molecule has 0 spiro atoms. The molecule has 114 valence electrons. The van der Waals surface area contributed by atoms with Crippen LogP contribution in [0.4, 0.5) is 0 Å². The second kappa shape index (κ2) is 7.22. The van der Waals surface area contributed by atoms with Gasteiger partial charge in [-0.2, -0.15) is 0 Å². The molecule has 0 atom stereocenters. The lowest BCUT2D eigenvalue weighted by Crippen LogP contribution is -2.18. The van der Waals surface area contributed by atoms with Gasteiger partial charge in [-0.25, -0.2) is 0 Å². The molecule has 0 fully saturated rings. The number of aryl methyl sites for hydroxylation is 1. The zero-order chi connectivity index (χ0) is 15.2. The number of ether oxygens (including phenoxy) is 1. The van der Waals surface area contributed by atoms with Gasteiger partial charge in [0.2, 0.25) is 0 Å². The second-order valence-electron chi connectivity index (χ2n) is 5.68. The van der Waals surface area contributed by atoms with E-state index in [4.69, 9.17) is 4.74 Å². The van der Waals surface area contributed by atoms with Gasteiger partial charge in [0.15, 0.2) is 5.82 Å². The van der Waals surface area contributed by atoms with E-state index in [9.17, 15) is 0 Å². The Kier molecular flexibility index (Phi) is 5.33. The summed E-state index contributed by atoms with van der Waals surface area (Å²) in [7, 11) is 1.94. The van der Waals surface area contributed by atoms with Gasteiger partial charge in [-0.05, 0) is 37.1 Å². The molecule has 1 heterocycles. The molecule has 0 bridgehead atoms. The standard InChI is InChI=1S/C16H24N4O/c1-12(2)9-17-10-14-5-7-15(8-6-14)21-11-16-19-18-13(3)20(16)4/h5-8,12,17H,9-11H2,1-4H3. The van der Waals surface area contributed by atoms with Crippen LogP contribution in [0.2, 0.25) is 0 Å². The van der Waals surface area contributed by atoms with Gasteiger partial charge < -0.3 is 14.6 Å². The van der Waals surface area contributed by atoms with Crippen LogP contribution >= 0.6 is 0 Å². The van der Waals surface area contributed by atoms with E-state index in [1.807, 2.05) is 30.7 Å². The van der Waals surface area contributed by atoms with Crippen molar-refractivity contribution >= 4 is 0 Å². The molecule has 0 saturated heterocycles. The van der Waals surface area contributed by atoms with E-state index < -0.39 is 0 Å². The third-order valence-corrected chi connectivity index (χ3v) is 3.36. The lowest BCUT2D eigenvalue weighted by atomic mass is 10.2. The first-order valence-electron chi connectivity index (χ1n) is 7.33. The monoisotopic (exact) mass is 288 g/mol. The van der Waals surface area contributed by atoms with Crippen molar-refractivity contribution in [1.29, 1.82) is 0 Å². The van der Waals surface area contributed by atoms with Gasteiger partial charge in [0.25, 0.3) is 0 Å². The fourth-order valence-corrected chi connectivity index (χ4v) is 1.93. The van der Waals surface area contributed by atoms with Gasteiger partial charge in [0.05, 0.1) is 0 Å². The Balaban J connectivity index is 1.83. The fraction of sp³-hybridized carbons (Fsp3) is 0.500. The van der Waals surface area contributed by atoms with Crippen LogP contribution in [0, 0.1) is 12.8 Å². The summed E-state index contributed by atoms with van der Waals surface area (Å²) in [6.45, 7) is 8.69. The second-order valence-corrected chi connectivity index (χ2v) is 5.68. The highest BCUT2D eigenvalue weighted by Gasteiger charge is 2.05. The van der Waals surface area contributed by atoms with Crippen LogP contribution in [0.15, 0.2) is 24.3 Å². The molecule has 1 N–H and O–H groups in total. The predicted molar refractivity (Wildman–Crippen MR) is 83.1 cm³/mol. The topological polar surface area (TPSA) is 52.0 Å². The smallest absolute Gasteiger partial charge is 0.170 e. The van der Waals surface area contributed by atoms with E-state index in [-0.39, 0.29) is 0 Å². The maximum Gasteiger partial charge on any atom is 0.170 e. The van der Waals surface area contributed by atoms with Crippen molar-refractivity contribution in [3.8, 4) is 5.75 Å². The first-order valence-corrected chi connectivity index (χ1v) is 7.33. The summed E-state index contributed by atoms with van der Waals surface area (Å²) in [5.41, 5.74) is 1.26. The van der Waals surface area contributed by atoms with Gasteiger partial charge in [-0.1, -0.05) is 26.0 Å². The van der Waals surface area contributed by atoms with Crippen molar-refractivity contribution < 1.29 is 4.74 Å². The first kappa shape index (κ1) is 15.5. The Morgan fingerprint density at radius 2 is 1.90 bits per heavy atom. The molecular formula is C16H24N4O. The SMILES string of the molecule is Cc1nnc(COc2ccc(CNCC(C)C)cc2)n1C. The lowest BCUT2D eigenvalue weighted by molar-refractivity contribution is 0.291. The van der Waals surface area contributed by atoms with Gasteiger partial charge in [0, 0.05) is 13.6 Å². The molecule has 21 heavy (non-hydrogen) atoms. The molecule has 5 nitrogen and oxygen atoms in total. The molecule has 0 amide bonds. The van der Waals surface area contributed by atoms with E-state index in [2.05, 4.69) is 41.5 Å². The molecule has 1 aromatic heterocycles. The minimum atomic E-state index is 0.433. The van der Waals surface area contributed by atoms with Crippen LogP contribution in [0.3, 0.4) is 0 Å². The van der Waals surface area contributed by atoms with E-state index in [0.717, 1.165) is 30.5 Å². The third kappa shape index (κ3) is 4.56. The van der Waals surface area contributed by atoms with Crippen LogP contribution in [-0.2, 0) is 20.2 Å². The van der Waals surface area contributed by atoms with Crippen LogP contribution < -0.4 is 10.1 Å². The third-order valence-electron chi connectivity index (χ3n) is 3.36. The normalized spacial score (nSPS) is 11.1. The largest absolute Gasteiger partial charge is 0.486 e. The molecule has 5 heteroatoms. The van der Waals surface area contributed by atoms with Crippen LogP contribution in [0.5, 0.6) is 5.75 Å². The zero-order valence-electron chi connectivity index (χ0n) is 13.3. The highest BCUT2D eigenvalue weighted by Crippen LogP contribution is 2.14. The maximum absolute atomic E-state index is 5.74. The van der Waals surface area contributed by atoms with Crippen molar-refractivity contribution in [3.63, 3.8) is 0 Å².